The van der Waals surface area contributed by atoms with E-state index in [1.54, 1.807) is 0 Å². The molecule has 0 aromatic heterocycles. The lowest BCUT2D eigenvalue weighted by Gasteiger charge is -2.16. The molecule has 0 bridgehead atoms. The van der Waals surface area contributed by atoms with Crippen molar-refractivity contribution in [2.75, 3.05) is 6.61 Å². The van der Waals surface area contributed by atoms with Gasteiger partial charge >= 0.3 is 0 Å². The normalized spacial score (nSPS) is 23.3. The molecule has 1 aromatic carbocycles. The summed E-state index contributed by atoms with van der Waals surface area (Å²) in [6, 6.07) is 9.23. The molecule has 0 heterocycles. The van der Waals surface area contributed by atoms with Gasteiger partial charge in [-0.15, -0.1) is 0 Å². The van der Waals surface area contributed by atoms with Crippen LogP contribution < -0.4 is 10.1 Å². The lowest BCUT2D eigenvalue weighted by atomic mass is 10.0. The average Bonchev–Trinajstić information content (AvgIpc) is 2.68. The summed E-state index contributed by atoms with van der Waals surface area (Å²) in [5.74, 6) is 1.90. The topological polar surface area (TPSA) is 21.3 Å². The maximum absolute atomic E-state index is 5.61. The zero-order valence-electron chi connectivity index (χ0n) is 13.0. The van der Waals surface area contributed by atoms with Gasteiger partial charge in [-0.25, -0.2) is 0 Å². The maximum atomic E-state index is 5.61. The first kappa shape index (κ1) is 15.4. The minimum atomic E-state index is 0.705. The zero-order chi connectivity index (χ0) is 14.2. The third-order valence-electron chi connectivity index (χ3n) is 4.25. The Morgan fingerprint density at radius 2 is 1.90 bits per heavy atom. The lowest BCUT2D eigenvalue weighted by molar-refractivity contribution is 0.317. The second-order valence-electron chi connectivity index (χ2n) is 6.18. The fourth-order valence-electron chi connectivity index (χ4n) is 2.88. The molecule has 1 aliphatic carbocycles. The van der Waals surface area contributed by atoms with E-state index in [0.29, 0.717) is 6.04 Å². The smallest absolute Gasteiger partial charge is 0.119 e. The van der Waals surface area contributed by atoms with Crippen LogP contribution in [0, 0.1) is 5.92 Å². The molecule has 1 aliphatic rings. The van der Waals surface area contributed by atoms with Gasteiger partial charge in [-0.05, 0) is 49.3 Å². The summed E-state index contributed by atoms with van der Waals surface area (Å²) in [6.45, 7) is 6.30. The van der Waals surface area contributed by atoms with Crippen LogP contribution in [0.25, 0.3) is 0 Å². The summed E-state index contributed by atoms with van der Waals surface area (Å²) in [5.41, 5.74) is 1.35. The zero-order valence-corrected chi connectivity index (χ0v) is 13.0. The molecular formula is C18H29NO. The number of rotatable bonds is 6. The molecule has 0 aliphatic heterocycles. The molecular weight excluding hydrogens is 246 g/mol. The molecule has 112 valence electrons. The second-order valence-corrected chi connectivity index (χ2v) is 6.18. The highest BCUT2D eigenvalue weighted by Gasteiger charge is 2.15. The molecule has 2 unspecified atom stereocenters. The molecule has 0 saturated heterocycles. The third-order valence-corrected chi connectivity index (χ3v) is 4.25. The fraction of sp³-hybridized carbons (Fsp3) is 0.667. The first-order valence-corrected chi connectivity index (χ1v) is 8.23. The molecule has 2 rings (SSSR count). The van der Waals surface area contributed by atoms with Crippen LogP contribution in [0.15, 0.2) is 24.3 Å². The quantitative estimate of drug-likeness (QED) is 0.770. The Hall–Kier alpha value is -1.02. The highest BCUT2D eigenvalue weighted by atomic mass is 16.5. The molecule has 1 fully saturated rings. The van der Waals surface area contributed by atoms with E-state index in [1.165, 1.54) is 37.7 Å². The average molecular weight is 275 g/mol. The van der Waals surface area contributed by atoms with Gasteiger partial charge in [-0.2, -0.15) is 0 Å². The van der Waals surface area contributed by atoms with E-state index in [0.717, 1.165) is 31.2 Å². The number of benzene rings is 1. The second kappa shape index (κ2) is 8.31. The number of nitrogens with one attached hydrogen (secondary N) is 1. The highest BCUT2D eigenvalue weighted by molar-refractivity contribution is 5.27. The molecule has 0 spiro atoms. The van der Waals surface area contributed by atoms with Gasteiger partial charge in [0.2, 0.25) is 0 Å². The lowest BCUT2D eigenvalue weighted by Crippen LogP contribution is -2.27. The molecule has 1 saturated carbocycles. The van der Waals surface area contributed by atoms with Gasteiger partial charge in [-0.1, -0.05) is 38.8 Å². The monoisotopic (exact) mass is 275 g/mol. The Kier molecular flexibility index (Phi) is 6.38. The van der Waals surface area contributed by atoms with Crippen molar-refractivity contribution in [2.24, 2.45) is 5.92 Å². The first-order chi connectivity index (χ1) is 9.78. The van der Waals surface area contributed by atoms with Gasteiger partial charge in [0, 0.05) is 12.6 Å². The van der Waals surface area contributed by atoms with E-state index in [1.807, 2.05) is 0 Å². The van der Waals surface area contributed by atoms with Crippen LogP contribution in [0.2, 0.25) is 0 Å². The van der Waals surface area contributed by atoms with Crippen LogP contribution in [0.1, 0.15) is 57.9 Å². The van der Waals surface area contributed by atoms with Crippen LogP contribution in [0.5, 0.6) is 5.75 Å². The van der Waals surface area contributed by atoms with Crippen molar-refractivity contribution < 1.29 is 4.74 Å². The van der Waals surface area contributed by atoms with Crippen LogP contribution in [0.4, 0.5) is 0 Å². The van der Waals surface area contributed by atoms with E-state index in [-0.39, 0.29) is 0 Å². The number of hydrogen-bond donors (Lipinski definition) is 1. The Morgan fingerprint density at radius 1 is 1.10 bits per heavy atom. The van der Waals surface area contributed by atoms with Gasteiger partial charge in [-0.3, -0.25) is 0 Å². The van der Waals surface area contributed by atoms with E-state index in [9.17, 15) is 0 Å². The molecule has 20 heavy (non-hydrogen) atoms. The SMILES string of the molecule is CCCOc1ccc(CNC2CCCC(C)CC2)cc1. The van der Waals surface area contributed by atoms with Crippen molar-refractivity contribution in [3.05, 3.63) is 29.8 Å². The Labute approximate surface area is 123 Å². The molecule has 2 atom stereocenters. The predicted molar refractivity (Wildman–Crippen MR) is 85.1 cm³/mol. The minimum Gasteiger partial charge on any atom is -0.494 e. The highest BCUT2D eigenvalue weighted by Crippen LogP contribution is 2.23. The summed E-state index contributed by atoms with van der Waals surface area (Å²) in [4.78, 5) is 0. The minimum absolute atomic E-state index is 0.705. The van der Waals surface area contributed by atoms with Gasteiger partial charge in [0.15, 0.2) is 0 Å². The van der Waals surface area contributed by atoms with Crippen molar-refractivity contribution in [3.8, 4) is 5.75 Å². The van der Waals surface area contributed by atoms with Crippen molar-refractivity contribution >= 4 is 0 Å². The predicted octanol–water partition coefficient (Wildman–Crippen LogP) is 4.53. The largest absolute Gasteiger partial charge is 0.494 e. The van der Waals surface area contributed by atoms with Crippen LogP contribution in [-0.4, -0.2) is 12.6 Å². The van der Waals surface area contributed by atoms with E-state index < -0.39 is 0 Å². The summed E-state index contributed by atoms with van der Waals surface area (Å²) >= 11 is 0. The fourth-order valence-corrected chi connectivity index (χ4v) is 2.88. The van der Waals surface area contributed by atoms with Crippen molar-refractivity contribution in [1.82, 2.24) is 5.32 Å². The van der Waals surface area contributed by atoms with Gasteiger partial charge in [0.05, 0.1) is 6.61 Å². The van der Waals surface area contributed by atoms with Gasteiger partial charge in [0.25, 0.3) is 0 Å². The Morgan fingerprint density at radius 3 is 2.65 bits per heavy atom. The molecule has 1 N–H and O–H groups in total. The van der Waals surface area contributed by atoms with Crippen LogP contribution in [0.3, 0.4) is 0 Å². The van der Waals surface area contributed by atoms with Crippen molar-refractivity contribution in [3.63, 3.8) is 0 Å². The van der Waals surface area contributed by atoms with Crippen molar-refractivity contribution in [1.29, 1.82) is 0 Å². The maximum Gasteiger partial charge on any atom is 0.119 e. The van der Waals surface area contributed by atoms with Gasteiger partial charge in [0.1, 0.15) is 5.75 Å². The molecule has 2 heteroatoms. The Balaban J connectivity index is 1.75. The summed E-state index contributed by atoms with van der Waals surface area (Å²) in [6.07, 6.45) is 7.88. The molecule has 0 amide bonds. The number of hydrogen-bond acceptors (Lipinski definition) is 2. The summed E-state index contributed by atoms with van der Waals surface area (Å²) < 4.78 is 5.61. The molecule has 0 radical (unpaired) electrons. The van der Waals surface area contributed by atoms with E-state index in [2.05, 4.69) is 43.4 Å². The number of ether oxygens (including phenoxy) is 1. The van der Waals surface area contributed by atoms with Crippen LogP contribution in [-0.2, 0) is 6.54 Å². The van der Waals surface area contributed by atoms with Crippen molar-refractivity contribution in [2.45, 2.75) is 65.0 Å². The summed E-state index contributed by atoms with van der Waals surface area (Å²) in [7, 11) is 0. The molecule has 1 aromatic rings. The summed E-state index contributed by atoms with van der Waals surface area (Å²) in [5, 5.41) is 3.72. The van der Waals surface area contributed by atoms with E-state index >= 15 is 0 Å². The molecule has 2 nitrogen and oxygen atoms in total. The first-order valence-electron chi connectivity index (χ1n) is 8.23. The standard InChI is InChI=1S/C18H29NO/c1-3-13-20-18-11-8-16(9-12-18)14-19-17-6-4-5-15(2)7-10-17/h8-9,11-12,15,17,19H,3-7,10,13-14H2,1-2H3. The van der Waals surface area contributed by atoms with Gasteiger partial charge < -0.3 is 10.1 Å². The van der Waals surface area contributed by atoms with Crippen LogP contribution >= 0.6 is 0 Å². The third kappa shape index (κ3) is 5.16. The Bertz CT molecular complexity index is 374. The van der Waals surface area contributed by atoms with E-state index in [4.69, 9.17) is 4.74 Å².